The van der Waals surface area contributed by atoms with Crippen LogP contribution in [0.4, 0.5) is 14.6 Å². The Hall–Kier alpha value is -3.28. The normalized spacial score (nSPS) is 13.0. The van der Waals surface area contributed by atoms with Crippen molar-refractivity contribution in [1.29, 1.82) is 0 Å². The van der Waals surface area contributed by atoms with Crippen molar-refractivity contribution in [2.45, 2.75) is 58.4 Å². The van der Waals surface area contributed by atoms with Crippen LogP contribution in [0.1, 0.15) is 54.9 Å². The van der Waals surface area contributed by atoms with E-state index in [1.54, 1.807) is 0 Å². The molecule has 0 fully saturated rings. The Balaban J connectivity index is 1.38. The molecular weight excluding hydrogens is 524 g/mol. The standard InChI is InChI=1S/C23H22BrF2N7O2/c1-2-3-4-9-32-21-15(12-17(24)27-21)22(34)33-19(29-30-23(32)33)7-8-20-28-18(31-35-20)11-13-10-14(25)5-6-16(13)26/h5-6,10H,2-4,7-9,11-12H2,1H3. The van der Waals surface area contributed by atoms with E-state index in [9.17, 15) is 13.6 Å². The average Bonchev–Trinajstić information content (AvgIpc) is 3.56. The van der Waals surface area contributed by atoms with Gasteiger partial charge in [-0.2, -0.15) is 4.98 Å². The predicted octanol–water partition coefficient (Wildman–Crippen LogP) is 4.10. The number of nitrogens with zero attached hydrogens (tertiary/aromatic N) is 7. The lowest BCUT2D eigenvalue weighted by molar-refractivity contribution is 0.372. The van der Waals surface area contributed by atoms with Crippen LogP contribution in [0.2, 0.25) is 0 Å². The first-order chi connectivity index (χ1) is 16.9. The molecule has 1 aliphatic rings. The van der Waals surface area contributed by atoms with Crippen LogP contribution in [0.15, 0.2) is 32.5 Å². The molecule has 1 aromatic carbocycles. The Kier molecular flexibility index (Phi) is 6.54. The fourth-order valence-corrected chi connectivity index (χ4v) is 4.63. The quantitative estimate of drug-likeness (QED) is 0.293. The summed E-state index contributed by atoms with van der Waals surface area (Å²) in [6.45, 7) is 2.82. The molecule has 35 heavy (non-hydrogen) atoms. The number of rotatable bonds is 9. The van der Waals surface area contributed by atoms with Crippen LogP contribution in [-0.2, 0) is 32.2 Å². The molecule has 0 atom stereocenters. The predicted molar refractivity (Wildman–Crippen MR) is 127 cm³/mol. The van der Waals surface area contributed by atoms with Gasteiger partial charge in [-0.25, -0.2) is 18.2 Å². The zero-order valence-electron chi connectivity index (χ0n) is 19.0. The van der Waals surface area contributed by atoms with Crippen LogP contribution < -0.4 is 5.56 Å². The molecule has 0 bridgehead atoms. The maximum Gasteiger partial charge on any atom is 0.266 e. The van der Waals surface area contributed by atoms with E-state index in [1.807, 2.05) is 4.57 Å². The Morgan fingerprint density at radius 1 is 1.17 bits per heavy atom. The highest BCUT2D eigenvalue weighted by atomic mass is 79.9. The lowest BCUT2D eigenvalue weighted by atomic mass is 10.1. The molecule has 4 aromatic rings. The van der Waals surface area contributed by atoms with Crippen molar-refractivity contribution in [2.75, 3.05) is 0 Å². The number of aryl methyl sites for hydroxylation is 3. The van der Waals surface area contributed by atoms with Gasteiger partial charge in [-0.1, -0.05) is 24.9 Å². The highest BCUT2D eigenvalue weighted by molar-refractivity contribution is 9.18. The molecule has 0 spiro atoms. The third kappa shape index (κ3) is 4.66. The molecule has 0 saturated heterocycles. The molecule has 0 radical (unpaired) electrons. The summed E-state index contributed by atoms with van der Waals surface area (Å²) in [5.41, 5.74) is 0.568. The maximum atomic E-state index is 13.9. The number of aliphatic imine (C=N–C) groups is 1. The molecule has 4 heterocycles. The second kappa shape index (κ2) is 9.76. The van der Waals surface area contributed by atoms with Crippen LogP contribution in [0.3, 0.4) is 0 Å². The van der Waals surface area contributed by atoms with E-state index < -0.39 is 11.6 Å². The largest absolute Gasteiger partial charge is 0.339 e. The summed E-state index contributed by atoms with van der Waals surface area (Å²) in [5, 5.41) is 12.4. The van der Waals surface area contributed by atoms with Gasteiger partial charge in [0.15, 0.2) is 5.82 Å². The lowest BCUT2D eigenvalue weighted by Crippen LogP contribution is -2.24. The molecule has 182 valence electrons. The lowest BCUT2D eigenvalue weighted by Gasteiger charge is -2.12. The van der Waals surface area contributed by atoms with Crippen molar-refractivity contribution in [3.05, 3.63) is 68.9 Å². The SMILES string of the molecule is CCCCCn1c2c(c(=O)n3c(CCc4nc(Cc5cc(F)ccc5F)no4)nnc13)CC(Br)=N2. The van der Waals surface area contributed by atoms with E-state index in [1.165, 1.54) is 4.40 Å². The topological polar surface area (TPSA) is 103 Å². The van der Waals surface area contributed by atoms with Crippen molar-refractivity contribution in [3.63, 3.8) is 0 Å². The highest BCUT2D eigenvalue weighted by Crippen LogP contribution is 2.28. The third-order valence-corrected chi connectivity index (χ3v) is 6.36. The molecule has 5 rings (SSSR count). The van der Waals surface area contributed by atoms with Gasteiger partial charge in [0.25, 0.3) is 5.56 Å². The molecule has 12 heteroatoms. The van der Waals surface area contributed by atoms with Crippen molar-refractivity contribution in [2.24, 2.45) is 4.99 Å². The summed E-state index contributed by atoms with van der Waals surface area (Å²) in [5.74, 6) is 1.06. The van der Waals surface area contributed by atoms with Crippen molar-refractivity contribution >= 4 is 32.1 Å². The van der Waals surface area contributed by atoms with E-state index in [4.69, 9.17) is 4.52 Å². The molecule has 0 saturated carbocycles. The van der Waals surface area contributed by atoms with Gasteiger partial charge in [-0.15, -0.1) is 10.2 Å². The van der Waals surface area contributed by atoms with Crippen molar-refractivity contribution in [3.8, 4) is 0 Å². The third-order valence-electron chi connectivity index (χ3n) is 5.91. The summed E-state index contributed by atoms with van der Waals surface area (Å²) in [4.78, 5) is 22.1. The van der Waals surface area contributed by atoms with E-state index >= 15 is 0 Å². The van der Waals surface area contributed by atoms with E-state index in [0.717, 1.165) is 37.5 Å². The van der Waals surface area contributed by atoms with Gasteiger partial charge in [0.05, 0.1) is 10.2 Å². The summed E-state index contributed by atoms with van der Waals surface area (Å²) < 4.78 is 36.8. The number of benzene rings is 1. The van der Waals surface area contributed by atoms with Gasteiger partial charge in [0.1, 0.15) is 23.3 Å². The second-order valence-electron chi connectivity index (χ2n) is 8.40. The molecule has 0 amide bonds. The van der Waals surface area contributed by atoms with E-state index in [0.29, 0.717) is 59.3 Å². The molecule has 3 aromatic heterocycles. The number of fused-ring (bicyclic) bond motifs is 2. The smallest absolute Gasteiger partial charge is 0.266 e. The van der Waals surface area contributed by atoms with Gasteiger partial charge < -0.3 is 4.52 Å². The van der Waals surface area contributed by atoms with Gasteiger partial charge >= 0.3 is 0 Å². The van der Waals surface area contributed by atoms with Crippen LogP contribution >= 0.6 is 15.9 Å². The Morgan fingerprint density at radius 3 is 2.86 bits per heavy atom. The van der Waals surface area contributed by atoms with E-state index in [2.05, 4.69) is 48.2 Å². The van der Waals surface area contributed by atoms with Gasteiger partial charge in [0, 0.05) is 32.2 Å². The van der Waals surface area contributed by atoms with Crippen LogP contribution in [-0.4, -0.2) is 33.9 Å². The average molecular weight is 546 g/mol. The van der Waals surface area contributed by atoms with Crippen LogP contribution in [0.25, 0.3) is 5.78 Å². The van der Waals surface area contributed by atoms with Crippen molar-refractivity contribution < 1.29 is 13.3 Å². The number of hydrogen-bond donors (Lipinski definition) is 0. The Morgan fingerprint density at radius 2 is 2.03 bits per heavy atom. The minimum absolute atomic E-state index is 0.00440. The monoisotopic (exact) mass is 545 g/mol. The fraction of sp³-hybridized carbons (Fsp3) is 0.391. The Labute approximate surface area is 207 Å². The van der Waals surface area contributed by atoms with Gasteiger partial charge in [-0.05, 0) is 46.1 Å². The number of aromatic nitrogens is 6. The first-order valence-electron chi connectivity index (χ1n) is 11.4. The second-order valence-corrected chi connectivity index (χ2v) is 9.31. The molecule has 0 aliphatic carbocycles. The minimum atomic E-state index is -0.536. The summed E-state index contributed by atoms with van der Waals surface area (Å²) in [6.07, 6.45) is 4.14. The zero-order chi connectivity index (χ0) is 24.5. The van der Waals surface area contributed by atoms with Gasteiger partial charge in [0.2, 0.25) is 11.7 Å². The summed E-state index contributed by atoms with van der Waals surface area (Å²) in [7, 11) is 0. The number of halogens is 3. The van der Waals surface area contributed by atoms with Gasteiger partial charge in [-0.3, -0.25) is 9.36 Å². The summed E-state index contributed by atoms with van der Waals surface area (Å²) >= 11 is 3.42. The number of hydrogen-bond acceptors (Lipinski definition) is 7. The van der Waals surface area contributed by atoms with Crippen LogP contribution in [0.5, 0.6) is 0 Å². The molecule has 0 unspecified atom stereocenters. The molecular formula is C23H22BrF2N7O2. The first-order valence-corrected chi connectivity index (χ1v) is 12.2. The number of unbranched alkanes of at least 4 members (excludes halogenated alkanes) is 2. The first kappa shape index (κ1) is 23.5. The van der Waals surface area contributed by atoms with Crippen LogP contribution in [0, 0.1) is 11.6 Å². The highest BCUT2D eigenvalue weighted by Gasteiger charge is 2.25. The zero-order valence-corrected chi connectivity index (χ0v) is 20.6. The Bertz CT molecular complexity index is 1490. The molecule has 9 nitrogen and oxygen atoms in total. The maximum absolute atomic E-state index is 13.9. The summed E-state index contributed by atoms with van der Waals surface area (Å²) in [6, 6.07) is 3.23. The molecule has 1 aliphatic heterocycles. The van der Waals surface area contributed by atoms with E-state index in [-0.39, 0.29) is 23.4 Å². The fourth-order valence-electron chi connectivity index (χ4n) is 4.18. The minimum Gasteiger partial charge on any atom is -0.339 e. The van der Waals surface area contributed by atoms with Crippen molar-refractivity contribution in [1.82, 2.24) is 29.3 Å². The molecule has 0 N–H and O–H groups in total.